The SMILES string of the molecule is Cc1ncccc1OCc1c(N)cccc1C(F)(F)F. The van der Waals surface area contributed by atoms with Crippen molar-refractivity contribution in [1.82, 2.24) is 4.98 Å². The van der Waals surface area contributed by atoms with E-state index in [4.69, 9.17) is 10.5 Å². The summed E-state index contributed by atoms with van der Waals surface area (Å²) in [5.41, 5.74) is 5.44. The molecule has 0 unspecified atom stereocenters. The Balaban J connectivity index is 2.28. The summed E-state index contributed by atoms with van der Waals surface area (Å²) in [6.45, 7) is 1.46. The maximum Gasteiger partial charge on any atom is 0.416 e. The molecule has 0 aliphatic rings. The molecular formula is C14H13F3N2O. The molecule has 0 bridgehead atoms. The van der Waals surface area contributed by atoms with E-state index in [-0.39, 0.29) is 17.9 Å². The van der Waals surface area contributed by atoms with E-state index in [2.05, 4.69) is 4.98 Å². The van der Waals surface area contributed by atoms with E-state index in [1.54, 1.807) is 25.3 Å². The highest BCUT2D eigenvalue weighted by Crippen LogP contribution is 2.34. The Morgan fingerprint density at radius 2 is 1.95 bits per heavy atom. The van der Waals surface area contributed by atoms with Gasteiger partial charge in [0.25, 0.3) is 0 Å². The molecule has 6 heteroatoms. The highest BCUT2D eigenvalue weighted by atomic mass is 19.4. The number of nitrogen functional groups attached to an aromatic ring is 1. The number of aryl methyl sites for hydroxylation is 1. The van der Waals surface area contributed by atoms with Gasteiger partial charge in [-0.25, -0.2) is 0 Å². The summed E-state index contributed by atoms with van der Waals surface area (Å²) in [6.07, 6.45) is -2.88. The van der Waals surface area contributed by atoms with E-state index >= 15 is 0 Å². The molecule has 0 aliphatic carbocycles. The van der Waals surface area contributed by atoms with Crippen LogP contribution in [0.1, 0.15) is 16.8 Å². The second-order valence-corrected chi connectivity index (χ2v) is 4.25. The second kappa shape index (κ2) is 5.40. The van der Waals surface area contributed by atoms with Crippen LogP contribution < -0.4 is 10.5 Å². The van der Waals surface area contributed by atoms with Gasteiger partial charge >= 0.3 is 6.18 Å². The molecule has 106 valence electrons. The van der Waals surface area contributed by atoms with Gasteiger partial charge in [0.2, 0.25) is 0 Å². The lowest BCUT2D eigenvalue weighted by Crippen LogP contribution is -2.13. The number of halogens is 3. The number of rotatable bonds is 3. The molecule has 1 heterocycles. The molecule has 0 atom stereocenters. The van der Waals surface area contributed by atoms with Crippen LogP contribution in [0.25, 0.3) is 0 Å². The van der Waals surface area contributed by atoms with E-state index in [0.717, 1.165) is 6.07 Å². The molecule has 2 N–H and O–H groups in total. The zero-order valence-electron chi connectivity index (χ0n) is 10.7. The first kappa shape index (κ1) is 14.2. The van der Waals surface area contributed by atoms with Crippen molar-refractivity contribution in [1.29, 1.82) is 0 Å². The van der Waals surface area contributed by atoms with E-state index in [9.17, 15) is 13.2 Å². The summed E-state index contributed by atoms with van der Waals surface area (Å²) in [6, 6.07) is 6.99. The van der Waals surface area contributed by atoms with Crippen molar-refractivity contribution in [2.75, 3.05) is 5.73 Å². The average Bonchev–Trinajstić information content (AvgIpc) is 2.37. The molecule has 20 heavy (non-hydrogen) atoms. The highest BCUT2D eigenvalue weighted by molar-refractivity contribution is 5.51. The molecule has 1 aromatic carbocycles. The number of alkyl halides is 3. The number of benzene rings is 1. The van der Waals surface area contributed by atoms with Gasteiger partial charge in [-0.05, 0) is 31.2 Å². The van der Waals surface area contributed by atoms with Gasteiger partial charge in [-0.15, -0.1) is 0 Å². The number of hydrogen-bond acceptors (Lipinski definition) is 3. The van der Waals surface area contributed by atoms with Gasteiger partial charge in [0.1, 0.15) is 12.4 Å². The smallest absolute Gasteiger partial charge is 0.416 e. The standard InChI is InChI=1S/C14H13F3N2O/c1-9-13(6-3-7-19-9)20-8-10-11(14(15,16)17)4-2-5-12(10)18/h2-7H,8,18H2,1H3. The van der Waals surface area contributed by atoms with E-state index in [1.165, 1.54) is 12.1 Å². The Kier molecular flexibility index (Phi) is 3.83. The van der Waals surface area contributed by atoms with Gasteiger partial charge in [-0.2, -0.15) is 13.2 Å². The fraction of sp³-hybridized carbons (Fsp3) is 0.214. The third-order valence-corrected chi connectivity index (χ3v) is 2.85. The molecule has 1 aromatic heterocycles. The number of ether oxygens (including phenoxy) is 1. The first-order chi connectivity index (χ1) is 9.39. The van der Waals surface area contributed by atoms with E-state index < -0.39 is 11.7 Å². The topological polar surface area (TPSA) is 48.1 Å². The van der Waals surface area contributed by atoms with Gasteiger partial charge in [0.05, 0.1) is 11.3 Å². The minimum atomic E-state index is -4.46. The molecule has 0 radical (unpaired) electrons. The van der Waals surface area contributed by atoms with Crippen molar-refractivity contribution >= 4 is 5.69 Å². The summed E-state index contributed by atoms with van der Waals surface area (Å²) in [5.74, 6) is 0.434. The van der Waals surface area contributed by atoms with Crippen molar-refractivity contribution in [2.45, 2.75) is 19.7 Å². The minimum Gasteiger partial charge on any atom is -0.487 e. The van der Waals surface area contributed by atoms with Crippen molar-refractivity contribution in [2.24, 2.45) is 0 Å². The quantitative estimate of drug-likeness (QED) is 0.875. The normalized spacial score (nSPS) is 11.4. The largest absolute Gasteiger partial charge is 0.487 e. The Bertz CT molecular complexity index is 612. The Labute approximate surface area is 114 Å². The maximum absolute atomic E-state index is 12.9. The van der Waals surface area contributed by atoms with Crippen LogP contribution in [-0.2, 0) is 12.8 Å². The van der Waals surface area contributed by atoms with Gasteiger partial charge in [-0.1, -0.05) is 6.07 Å². The van der Waals surface area contributed by atoms with Crippen molar-refractivity contribution in [3.05, 3.63) is 53.3 Å². The molecule has 0 spiro atoms. The average molecular weight is 282 g/mol. The van der Waals surface area contributed by atoms with Crippen LogP contribution in [0.15, 0.2) is 36.5 Å². The molecule has 0 fully saturated rings. The maximum atomic E-state index is 12.9. The van der Waals surface area contributed by atoms with Crippen molar-refractivity contribution < 1.29 is 17.9 Å². The Hall–Kier alpha value is -2.24. The predicted molar refractivity (Wildman–Crippen MR) is 69.2 cm³/mol. The van der Waals surface area contributed by atoms with Crippen LogP contribution in [0.5, 0.6) is 5.75 Å². The molecular weight excluding hydrogens is 269 g/mol. The Morgan fingerprint density at radius 1 is 1.20 bits per heavy atom. The summed E-state index contributed by atoms with van der Waals surface area (Å²) in [7, 11) is 0. The summed E-state index contributed by atoms with van der Waals surface area (Å²) in [4.78, 5) is 4.01. The third kappa shape index (κ3) is 3.01. The van der Waals surface area contributed by atoms with Crippen molar-refractivity contribution in [3.63, 3.8) is 0 Å². The molecule has 2 aromatic rings. The monoisotopic (exact) mass is 282 g/mol. The van der Waals surface area contributed by atoms with Crippen LogP contribution >= 0.6 is 0 Å². The first-order valence-corrected chi connectivity index (χ1v) is 5.88. The molecule has 0 saturated carbocycles. The van der Waals surface area contributed by atoms with E-state index in [1.807, 2.05) is 0 Å². The predicted octanol–water partition coefficient (Wildman–Crippen LogP) is 3.57. The molecule has 0 aliphatic heterocycles. The van der Waals surface area contributed by atoms with Crippen LogP contribution in [0.4, 0.5) is 18.9 Å². The van der Waals surface area contributed by atoms with Crippen molar-refractivity contribution in [3.8, 4) is 5.75 Å². The molecule has 3 nitrogen and oxygen atoms in total. The number of aromatic nitrogens is 1. The second-order valence-electron chi connectivity index (χ2n) is 4.25. The minimum absolute atomic E-state index is 0.0568. The number of nitrogens with two attached hydrogens (primary N) is 1. The van der Waals surface area contributed by atoms with Crippen LogP contribution in [0.3, 0.4) is 0 Å². The fourth-order valence-corrected chi connectivity index (χ4v) is 1.80. The first-order valence-electron chi connectivity index (χ1n) is 5.88. The van der Waals surface area contributed by atoms with Crippen LogP contribution in [0, 0.1) is 6.92 Å². The fourth-order valence-electron chi connectivity index (χ4n) is 1.80. The van der Waals surface area contributed by atoms with Gasteiger partial charge in [0, 0.05) is 17.4 Å². The highest BCUT2D eigenvalue weighted by Gasteiger charge is 2.34. The number of hydrogen-bond donors (Lipinski definition) is 1. The molecule has 0 amide bonds. The third-order valence-electron chi connectivity index (χ3n) is 2.85. The van der Waals surface area contributed by atoms with Gasteiger partial charge in [0.15, 0.2) is 0 Å². The van der Waals surface area contributed by atoms with Crippen LogP contribution in [-0.4, -0.2) is 4.98 Å². The van der Waals surface area contributed by atoms with Gasteiger partial charge < -0.3 is 10.5 Å². The van der Waals surface area contributed by atoms with E-state index in [0.29, 0.717) is 11.4 Å². The Morgan fingerprint density at radius 3 is 2.60 bits per heavy atom. The summed E-state index contributed by atoms with van der Waals surface area (Å²) in [5, 5.41) is 0. The zero-order chi connectivity index (χ0) is 14.8. The lowest BCUT2D eigenvalue weighted by molar-refractivity contribution is -0.138. The number of anilines is 1. The summed E-state index contributed by atoms with van der Waals surface area (Å²) < 4.78 is 44.1. The van der Waals surface area contributed by atoms with Crippen LogP contribution in [0.2, 0.25) is 0 Å². The summed E-state index contributed by atoms with van der Waals surface area (Å²) >= 11 is 0. The lowest BCUT2D eigenvalue weighted by Gasteiger charge is -2.16. The van der Waals surface area contributed by atoms with Gasteiger partial charge in [-0.3, -0.25) is 4.98 Å². The zero-order valence-corrected chi connectivity index (χ0v) is 10.7. The molecule has 0 saturated heterocycles. The lowest BCUT2D eigenvalue weighted by atomic mass is 10.1. The molecule has 2 rings (SSSR count). The number of nitrogens with zero attached hydrogens (tertiary/aromatic N) is 1. The number of pyridine rings is 1.